The molecule has 0 amide bonds. The Morgan fingerprint density at radius 3 is 1.77 bits per heavy atom. The zero-order valence-electron chi connectivity index (χ0n) is 28.9. The summed E-state index contributed by atoms with van der Waals surface area (Å²) < 4.78 is 21.9. The molecule has 0 bridgehead atoms. The number of unbranched alkanes of at least 4 members (excludes halogenated alkanes) is 10. The number of carbonyl (C=O) groups excluding carboxylic acids is 2. The average Bonchev–Trinajstić information content (AvgIpc) is 3.08. The molecule has 10 heteroatoms. The van der Waals surface area contributed by atoms with Crippen molar-refractivity contribution in [2.24, 2.45) is 0 Å². The summed E-state index contributed by atoms with van der Waals surface area (Å²) in [7, 11) is 0. The van der Waals surface area contributed by atoms with Crippen LogP contribution >= 0.6 is 0 Å². The number of esters is 2. The first-order chi connectivity index (χ1) is 23.3. The van der Waals surface area contributed by atoms with Crippen molar-refractivity contribution in [3.63, 3.8) is 0 Å². The summed E-state index contributed by atoms with van der Waals surface area (Å²) in [5.41, 5.74) is 0. The van der Waals surface area contributed by atoms with E-state index in [2.05, 4.69) is 49.6 Å². The lowest BCUT2D eigenvalue weighted by Gasteiger charge is -2.39. The van der Waals surface area contributed by atoms with Crippen LogP contribution in [-0.2, 0) is 28.5 Å². The molecule has 1 aliphatic rings. The highest BCUT2D eigenvalue weighted by Crippen LogP contribution is 2.22. The molecule has 0 unspecified atom stereocenters. The fraction of sp³-hybridized carbons (Fsp3) is 0.684. The van der Waals surface area contributed by atoms with Crippen LogP contribution in [0.2, 0.25) is 0 Å². The Kier molecular flexibility index (Phi) is 26.5. The van der Waals surface area contributed by atoms with Crippen molar-refractivity contribution < 1.29 is 49.0 Å². The van der Waals surface area contributed by atoms with Gasteiger partial charge in [0.1, 0.15) is 31.0 Å². The van der Waals surface area contributed by atoms with Crippen LogP contribution in [-0.4, -0.2) is 89.0 Å². The Labute approximate surface area is 288 Å². The molecule has 48 heavy (non-hydrogen) atoms. The van der Waals surface area contributed by atoms with Gasteiger partial charge in [-0.25, -0.2) is 0 Å². The fourth-order valence-electron chi connectivity index (χ4n) is 5.04. The van der Waals surface area contributed by atoms with Crippen LogP contribution in [0, 0.1) is 0 Å². The van der Waals surface area contributed by atoms with E-state index in [9.17, 15) is 30.0 Å². The van der Waals surface area contributed by atoms with Crippen molar-refractivity contribution in [2.75, 3.05) is 19.8 Å². The molecule has 0 saturated carbocycles. The first kappa shape index (κ1) is 43.4. The molecule has 0 aromatic heterocycles. The van der Waals surface area contributed by atoms with E-state index >= 15 is 0 Å². The summed E-state index contributed by atoms with van der Waals surface area (Å²) in [6, 6.07) is 0. The van der Waals surface area contributed by atoms with Crippen molar-refractivity contribution in [3.8, 4) is 0 Å². The highest BCUT2D eigenvalue weighted by atomic mass is 16.7. The molecule has 4 N–H and O–H groups in total. The van der Waals surface area contributed by atoms with Crippen LogP contribution < -0.4 is 0 Å². The van der Waals surface area contributed by atoms with E-state index in [4.69, 9.17) is 18.9 Å². The second-order valence-electron chi connectivity index (χ2n) is 12.1. The van der Waals surface area contributed by atoms with Crippen molar-refractivity contribution in [1.29, 1.82) is 0 Å². The lowest BCUT2D eigenvalue weighted by atomic mass is 9.99. The number of rotatable bonds is 29. The van der Waals surface area contributed by atoms with Gasteiger partial charge in [0.25, 0.3) is 0 Å². The van der Waals surface area contributed by atoms with Crippen molar-refractivity contribution in [1.82, 2.24) is 0 Å². The predicted octanol–water partition coefficient (Wildman–Crippen LogP) is 5.93. The van der Waals surface area contributed by atoms with Gasteiger partial charge in [0.05, 0.1) is 13.2 Å². The maximum atomic E-state index is 12.6. The molecular weight excluding hydrogens is 616 g/mol. The number of ether oxygens (including phenoxy) is 4. The van der Waals surface area contributed by atoms with Gasteiger partial charge < -0.3 is 39.4 Å². The van der Waals surface area contributed by atoms with Gasteiger partial charge in [-0.3, -0.25) is 9.59 Å². The van der Waals surface area contributed by atoms with Crippen LogP contribution in [0.15, 0.2) is 61.8 Å². The van der Waals surface area contributed by atoms with Crippen LogP contribution in [0.3, 0.4) is 0 Å². The molecule has 6 atom stereocenters. The third kappa shape index (κ3) is 21.4. The fourth-order valence-corrected chi connectivity index (χ4v) is 5.04. The van der Waals surface area contributed by atoms with E-state index < -0.39 is 55.4 Å². The maximum Gasteiger partial charge on any atom is 0.306 e. The monoisotopic (exact) mass is 678 g/mol. The smallest absolute Gasteiger partial charge is 0.306 e. The molecular formula is C38H62O10. The second-order valence-corrected chi connectivity index (χ2v) is 12.1. The van der Waals surface area contributed by atoms with Gasteiger partial charge >= 0.3 is 11.9 Å². The van der Waals surface area contributed by atoms with Crippen LogP contribution in [0.4, 0.5) is 0 Å². The standard InChI is InChI=1S/C38H62O10/c1-3-5-7-9-11-13-15-16-17-19-20-22-24-26-33(40)45-29-31(30-46-38-37(44)36(43)35(42)32(28-39)48-38)47-34(41)27-25-23-21-18-14-12-10-8-6-4-2/h3-4,7-10,13,15,31-32,35-39,42-44H,1-2,5-6,11-12,14,16-30H2/b9-7-,10-8+,15-13-/t31-,32-,35+,36+,37-,38-/m1/s1. The molecule has 0 spiro atoms. The second kappa shape index (κ2) is 29.3. The number of carbonyl (C=O) groups is 2. The van der Waals surface area contributed by atoms with E-state index in [1.54, 1.807) is 0 Å². The van der Waals surface area contributed by atoms with Crippen molar-refractivity contribution in [3.05, 3.63) is 61.8 Å². The molecule has 1 aliphatic heterocycles. The molecule has 274 valence electrons. The Balaban J connectivity index is 2.43. The van der Waals surface area contributed by atoms with Gasteiger partial charge in [-0.05, 0) is 57.8 Å². The van der Waals surface area contributed by atoms with E-state index in [1.807, 2.05) is 12.2 Å². The first-order valence-corrected chi connectivity index (χ1v) is 17.8. The molecule has 1 heterocycles. The summed E-state index contributed by atoms with van der Waals surface area (Å²) >= 11 is 0. The predicted molar refractivity (Wildman–Crippen MR) is 187 cm³/mol. The van der Waals surface area contributed by atoms with Gasteiger partial charge in [-0.2, -0.15) is 0 Å². The van der Waals surface area contributed by atoms with Gasteiger partial charge in [0.15, 0.2) is 12.4 Å². The minimum absolute atomic E-state index is 0.201. The minimum atomic E-state index is -1.60. The van der Waals surface area contributed by atoms with Gasteiger partial charge in [0.2, 0.25) is 0 Å². The number of hydrogen-bond acceptors (Lipinski definition) is 10. The average molecular weight is 679 g/mol. The van der Waals surface area contributed by atoms with E-state index in [0.29, 0.717) is 12.8 Å². The Morgan fingerprint density at radius 1 is 0.646 bits per heavy atom. The molecule has 0 aromatic rings. The summed E-state index contributed by atoms with van der Waals surface area (Å²) in [4.78, 5) is 25.1. The third-order valence-electron chi connectivity index (χ3n) is 7.90. The molecule has 0 radical (unpaired) electrons. The molecule has 10 nitrogen and oxygen atoms in total. The van der Waals surface area contributed by atoms with Gasteiger partial charge in [-0.15, -0.1) is 13.2 Å². The number of allylic oxidation sites excluding steroid dienone is 8. The number of hydrogen-bond donors (Lipinski definition) is 4. The quantitative estimate of drug-likeness (QED) is 0.0426. The Hall–Kier alpha value is -2.60. The lowest BCUT2D eigenvalue weighted by Crippen LogP contribution is -2.59. The van der Waals surface area contributed by atoms with E-state index in [1.165, 1.54) is 0 Å². The SMILES string of the molecule is C=CC/C=C\C/C=C\CCCCCCCC(=O)OC[C@H](CO[C@@H]1O[C@H](CO)[C@H](O)[C@H](O)[C@H]1O)OC(=O)CCCCCCC/C=C/CC=C. The maximum absolute atomic E-state index is 12.6. The van der Waals surface area contributed by atoms with E-state index in [-0.39, 0.29) is 26.1 Å². The summed E-state index contributed by atoms with van der Waals surface area (Å²) in [6.07, 6.45) is 23.2. The Bertz CT molecular complexity index is 944. The highest BCUT2D eigenvalue weighted by molar-refractivity contribution is 5.70. The van der Waals surface area contributed by atoms with Crippen LogP contribution in [0.1, 0.15) is 109 Å². The first-order valence-electron chi connectivity index (χ1n) is 17.8. The van der Waals surface area contributed by atoms with Crippen molar-refractivity contribution >= 4 is 11.9 Å². The van der Waals surface area contributed by atoms with Crippen LogP contribution in [0.25, 0.3) is 0 Å². The van der Waals surface area contributed by atoms with Gasteiger partial charge in [0, 0.05) is 12.8 Å². The van der Waals surface area contributed by atoms with Gasteiger partial charge in [-0.1, -0.05) is 87.1 Å². The summed E-state index contributed by atoms with van der Waals surface area (Å²) in [5.74, 6) is -0.865. The molecule has 1 saturated heterocycles. The largest absolute Gasteiger partial charge is 0.462 e. The zero-order valence-corrected chi connectivity index (χ0v) is 28.9. The van der Waals surface area contributed by atoms with E-state index in [0.717, 1.165) is 83.5 Å². The molecule has 1 rings (SSSR count). The third-order valence-corrected chi connectivity index (χ3v) is 7.90. The van der Waals surface area contributed by atoms with Crippen molar-refractivity contribution in [2.45, 2.75) is 146 Å². The Morgan fingerprint density at radius 2 is 1.17 bits per heavy atom. The van der Waals surface area contributed by atoms with Crippen LogP contribution in [0.5, 0.6) is 0 Å². The normalized spacial score (nSPS) is 22.0. The topological polar surface area (TPSA) is 152 Å². The zero-order chi connectivity index (χ0) is 35.2. The number of aliphatic hydroxyl groups is 4. The summed E-state index contributed by atoms with van der Waals surface area (Å²) in [5, 5.41) is 39.8. The molecule has 0 aromatic carbocycles. The molecule has 0 aliphatic carbocycles. The minimum Gasteiger partial charge on any atom is -0.462 e. The molecule has 1 fully saturated rings. The number of aliphatic hydroxyl groups excluding tert-OH is 4. The lowest BCUT2D eigenvalue weighted by molar-refractivity contribution is -0.305. The summed E-state index contributed by atoms with van der Waals surface area (Å²) in [6.45, 7) is 6.26. The highest BCUT2D eigenvalue weighted by Gasteiger charge is 2.44.